The van der Waals surface area contributed by atoms with Gasteiger partial charge in [0.25, 0.3) is 11.7 Å². The van der Waals surface area contributed by atoms with Gasteiger partial charge in [-0.1, -0.05) is 69.3 Å². The summed E-state index contributed by atoms with van der Waals surface area (Å²) in [5.41, 5.74) is 6.89. The number of nitrogens with zero attached hydrogens (tertiary/aromatic N) is 2. The zero-order chi connectivity index (χ0) is 26.3. The lowest BCUT2D eigenvalue weighted by Crippen LogP contribution is -2.29. The van der Waals surface area contributed by atoms with Gasteiger partial charge in [-0.2, -0.15) is 0 Å². The highest BCUT2D eigenvalue weighted by atomic mass is 19.1. The quantitative estimate of drug-likeness (QED) is 0.275. The van der Waals surface area contributed by atoms with E-state index in [9.17, 15) is 14.0 Å². The summed E-state index contributed by atoms with van der Waals surface area (Å²) < 4.78 is 13.3. The van der Waals surface area contributed by atoms with Crippen molar-refractivity contribution in [2.45, 2.75) is 32.7 Å². The van der Waals surface area contributed by atoms with Crippen molar-refractivity contribution in [1.82, 2.24) is 0 Å². The molecule has 0 aromatic heterocycles. The first-order valence-electron chi connectivity index (χ1n) is 12.3. The zero-order valence-electron chi connectivity index (χ0n) is 21.5. The van der Waals surface area contributed by atoms with Gasteiger partial charge < -0.3 is 4.90 Å². The molecule has 0 bridgehead atoms. The van der Waals surface area contributed by atoms with Gasteiger partial charge in [0.2, 0.25) is 0 Å². The second-order valence-corrected chi connectivity index (χ2v) is 10.5. The van der Waals surface area contributed by atoms with E-state index in [-0.39, 0.29) is 17.8 Å². The third kappa shape index (κ3) is 4.65. The molecule has 4 aromatic rings. The molecule has 0 radical (unpaired) electrons. The summed E-state index contributed by atoms with van der Waals surface area (Å²) in [7, 11) is 1.92. The number of Topliss-reactive ketones (excluding diaryl/α,β-unsaturated/α-hetero) is 1. The van der Waals surface area contributed by atoms with Gasteiger partial charge in [-0.15, -0.1) is 0 Å². The Bertz CT molecular complexity index is 1470. The van der Waals surface area contributed by atoms with Gasteiger partial charge in [0.15, 0.2) is 0 Å². The number of halogens is 1. The molecule has 0 N–H and O–H groups in total. The molecule has 0 spiro atoms. The molecular formula is C32H29FN2O2. The maximum atomic E-state index is 13.3. The average molecular weight is 493 g/mol. The van der Waals surface area contributed by atoms with Crippen LogP contribution in [0.25, 0.3) is 11.1 Å². The molecule has 0 fully saturated rings. The number of benzene rings is 4. The number of para-hydroxylation sites is 1. The summed E-state index contributed by atoms with van der Waals surface area (Å²) in [5.74, 6) is -1.26. The Balaban J connectivity index is 1.44. The van der Waals surface area contributed by atoms with Gasteiger partial charge in [-0.25, -0.2) is 4.39 Å². The monoisotopic (exact) mass is 492 g/mol. The third-order valence-electron chi connectivity index (χ3n) is 6.93. The van der Waals surface area contributed by atoms with Gasteiger partial charge >= 0.3 is 0 Å². The van der Waals surface area contributed by atoms with Crippen LogP contribution >= 0.6 is 0 Å². The number of carbonyl (C=O) groups excluding carboxylic acids is 2. The van der Waals surface area contributed by atoms with Crippen LogP contribution < -0.4 is 9.80 Å². The fraction of sp³-hybridized carbons (Fsp3) is 0.188. The lowest BCUT2D eigenvalue weighted by atomic mass is 9.86. The number of carbonyl (C=O) groups is 2. The minimum absolute atomic E-state index is 0.0338. The van der Waals surface area contributed by atoms with Crippen molar-refractivity contribution < 1.29 is 14.0 Å². The summed E-state index contributed by atoms with van der Waals surface area (Å²) >= 11 is 0. The highest BCUT2D eigenvalue weighted by Crippen LogP contribution is 2.40. The maximum Gasteiger partial charge on any atom is 0.299 e. The number of hydrogen-bond acceptors (Lipinski definition) is 3. The van der Waals surface area contributed by atoms with E-state index in [0.717, 1.165) is 28.1 Å². The Morgan fingerprint density at radius 1 is 0.757 bits per heavy atom. The predicted octanol–water partition coefficient (Wildman–Crippen LogP) is 7.29. The van der Waals surface area contributed by atoms with Crippen LogP contribution in [-0.4, -0.2) is 18.7 Å². The van der Waals surface area contributed by atoms with Crippen molar-refractivity contribution in [3.05, 3.63) is 114 Å². The minimum atomic E-state index is -0.513. The van der Waals surface area contributed by atoms with Crippen molar-refractivity contribution in [2.24, 2.45) is 0 Å². The molecule has 1 heterocycles. The topological polar surface area (TPSA) is 40.6 Å². The third-order valence-corrected chi connectivity index (χ3v) is 6.93. The van der Waals surface area contributed by atoms with Gasteiger partial charge in [0, 0.05) is 24.0 Å². The predicted molar refractivity (Wildman–Crippen MR) is 147 cm³/mol. The molecule has 5 rings (SSSR count). The fourth-order valence-electron chi connectivity index (χ4n) is 4.71. The van der Waals surface area contributed by atoms with Crippen molar-refractivity contribution in [2.75, 3.05) is 16.8 Å². The summed E-state index contributed by atoms with van der Waals surface area (Å²) in [6, 6.07) is 28.0. The summed E-state index contributed by atoms with van der Waals surface area (Å²) in [6.07, 6.45) is 0. The lowest BCUT2D eigenvalue weighted by Gasteiger charge is -2.23. The average Bonchev–Trinajstić information content (AvgIpc) is 3.13. The Labute approximate surface area is 217 Å². The molecule has 4 aromatic carbocycles. The van der Waals surface area contributed by atoms with Crippen LogP contribution in [-0.2, 0) is 16.8 Å². The molecule has 0 saturated carbocycles. The molecule has 1 aliphatic rings. The largest absolute Gasteiger partial charge is 0.345 e. The van der Waals surface area contributed by atoms with E-state index in [1.807, 2.05) is 48.3 Å². The second kappa shape index (κ2) is 9.32. The Hall–Kier alpha value is -4.25. The normalized spacial score (nSPS) is 13.2. The number of ketones is 1. The summed E-state index contributed by atoms with van der Waals surface area (Å²) in [6.45, 7) is 6.80. The van der Waals surface area contributed by atoms with Gasteiger partial charge in [0.1, 0.15) is 5.82 Å². The van der Waals surface area contributed by atoms with Crippen molar-refractivity contribution in [1.29, 1.82) is 0 Å². The number of anilines is 3. The molecule has 0 aliphatic carbocycles. The molecule has 0 unspecified atom stereocenters. The van der Waals surface area contributed by atoms with E-state index in [2.05, 4.69) is 45.0 Å². The molecule has 5 heteroatoms. The van der Waals surface area contributed by atoms with Gasteiger partial charge in [-0.05, 0) is 64.6 Å². The van der Waals surface area contributed by atoms with Crippen molar-refractivity contribution >= 4 is 28.8 Å². The number of amides is 1. The standard InChI is InChI=1S/C32H29FN2O2/c1-32(2,3)23-12-10-22(11-13-23)27-6-5-7-28-29(27)35(31(37)30(28)36)20-21-8-16-25(17-9-21)34(4)26-18-14-24(33)15-19-26/h5-19H,20H2,1-4H3. The summed E-state index contributed by atoms with van der Waals surface area (Å²) in [4.78, 5) is 29.5. The van der Waals surface area contributed by atoms with E-state index in [0.29, 0.717) is 11.3 Å². The first-order valence-corrected chi connectivity index (χ1v) is 12.3. The van der Waals surface area contributed by atoms with Crippen LogP contribution in [0.1, 0.15) is 42.3 Å². The highest BCUT2D eigenvalue weighted by Gasteiger charge is 2.37. The van der Waals surface area contributed by atoms with Crippen LogP contribution in [0.2, 0.25) is 0 Å². The van der Waals surface area contributed by atoms with Crippen LogP contribution in [0.4, 0.5) is 21.5 Å². The SMILES string of the molecule is CN(c1ccc(F)cc1)c1ccc(CN2C(=O)C(=O)c3cccc(-c4ccc(C(C)(C)C)cc4)c32)cc1. The molecule has 186 valence electrons. The number of hydrogen-bond donors (Lipinski definition) is 0. The molecule has 37 heavy (non-hydrogen) atoms. The zero-order valence-corrected chi connectivity index (χ0v) is 21.5. The maximum absolute atomic E-state index is 13.3. The highest BCUT2D eigenvalue weighted by molar-refractivity contribution is 6.52. The molecule has 1 amide bonds. The molecule has 0 atom stereocenters. The lowest BCUT2D eigenvalue weighted by molar-refractivity contribution is -0.114. The molecule has 0 saturated heterocycles. The van der Waals surface area contributed by atoms with Crippen molar-refractivity contribution in [3.8, 4) is 11.1 Å². The van der Waals surface area contributed by atoms with Crippen LogP contribution in [0.3, 0.4) is 0 Å². The Morgan fingerprint density at radius 2 is 1.32 bits per heavy atom. The van der Waals surface area contributed by atoms with Crippen LogP contribution in [0, 0.1) is 5.82 Å². The van der Waals surface area contributed by atoms with E-state index < -0.39 is 11.7 Å². The number of rotatable bonds is 5. The van der Waals surface area contributed by atoms with Gasteiger partial charge in [-0.3, -0.25) is 14.5 Å². The minimum Gasteiger partial charge on any atom is -0.345 e. The van der Waals surface area contributed by atoms with Gasteiger partial charge in [0.05, 0.1) is 17.8 Å². The first kappa shape index (κ1) is 24.4. The first-order chi connectivity index (χ1) is 17.6. The Kier molecular flexibility index (Phi) is 6.16. The second-order valence-electron chi connectivity index (χ2n) is 10.5. The van der Waals surface area contributed by atoms with E-state index in [1.54, 1.807) is 23.1 Å². The molecule has 4 nitrogen and oxygen atoms in total. The van der Waals surface area contributed by atoms with Crippen LogP contribution in [0.15, 0.2) is 91.0 Å². The Morgan fingerprint density at radius 3 is 1.92 bits per heavy atom. The molecular weight excluding hydrogens is 463 g/mol. The number of fused-ring (bicyclic) bond motifs is 1. The molecule has 1 aliphatic heterocycles. The van der Waals surface area contributed by atoms with E-state index in [4.69, 9.17) is 0 Å². The van der Waals surface area contributed by atoms with E-state index in [1.165, 1.54) is 17.7 Å². The fourth-order valence-corrected chi connectivity index (χ4v) is 4.71. The van der Waals surface area contributed by atoms with Crippen molar-refractivity contribution in [3.63, 3.8) is 0 Å². The van der Waals surface area contributed by atoms with E-state index >= 15 is 0 Å². The summed E-state index contributed by atoms with van der Waals surface area (Å²) in [5, 5.41) is 0. The smallest absolute Gasteiger partial charge is 0.299 e. The van der Waals surface area contributed by atoms with Crippen LogP contribution in [0.5, 0.6) is 0 Å².